The Bertz CT molecular complexity index is 1310. The number of benzene rings is 3. The van der Waals surface area contributed by atoms with Gasteiger partial charge >= 0.3 is 0 Å². The molecule has 1 N–H and O–H groups in total. The number of fused-ring (bicyclic) bond motifs is 1. The molecule has 0 saturated carbocycles. The van der Waals surface area contributed by atoms with Crippen LogP contribution < -0.4 is 14.8 Å². The molecular formula is C29H32ClN3O3. The van der Waals surface area contributed by atoms with Gasteiger partial charge in [-0.15, -0.1) is 0 Å². The summed E-state index contributed by atoms with van der Waals surface area (Å²) < 4.78 is 13.4. The van der Waals surface area contributed by atoms with E-state index in [1.807, 2.05) is 68.4 Å². The number of aromatic nitrogens is 2. The molecule has 0 fully saturated rings. The molecule has 0 aliphatic rings. The summed E-state index contributed by atoms with van der Waals surface area (Å²) in [7, 11) is 1.63. The van der Waals surface area contributed by atoms with Crippen molar-refractivity contribution in [3.05, 3.63) is 88.2 Å². The average molecular weight is 506 g/mol. The zero-order chi connectivity index (χ0) is 25.5. The molecule has 0 saturated heterocycles. The molecule has 1 aromatic heterocycles. The van der Waals surface area contributed by atoms with E-state index in [4.69, 9.17) is 26.1 Å². The van der Waals surface area contributed by atoms with Crippen molar-refractivity contribution in [1.29, 1.82) is 0 Å². The maximum Gasteiger partial charge on any atom is 0.224 e. The minimum absolute atomic E-state index is 0.00983. The van der Waals surface area contributed by atoms with Crippen LogP contribution in [0.3, 0.4) is 0 Å². The second-order valence-electron chi connectivity index (χ2n) is 8.87. The lowest BCUT2D eigenvalue weighted by Crippen LogP contribution is -2.26. The Morgan fingerprint density at radius 3 is 2.47 bits per heavy atom. The van der Waals surface area contributed by atoms with Gasteiger partial charge in [-0.05, 0) is 73.4 Å². The third kappa shape index (κ3) is 6.38. The van der Waals surface area contributed by atoms with Crippen LogP contribution in [0, 0.1) is 13.8 Å². The van der Waals surface area contributed by atoms with Crippen molar-refractivity contribution in [2.75, 3.05) is 20.3 Å². The van der Waals surface area contributed by atoms with E-state index in [1.165, 1.54) is 0 Å². The summed E-state index contributed by atoms with van der Waals surface area (Å²) >= 11 is 6.28. The van der Waals surface area contributed by atoms with Crippen LogP contribution >= 0.6 is 11.6 Å². The van der Waals surface area contributed by atoms with Crippen molar-refractivity contribution in [3.63, 3.8) is 0 Å². The molecule has 188 valence electrons. The van der Waals surface area contributed by atoms with E-state index in [0.717, 1.165) is 62.9 Å². The van der Waals surface area contributed by atoms with Gasteiger partial charge in [-0.2, -0.15) is 0 Å². The summed E-state index contributed by atoms with van der Waals surface area (Å²) in [5.74, 6) is 2.61. The first-order chi connectivity index (χ1) is 17.4. The predicted octanol–water partition coefficient (Wildman–Crippen LogP) is 5.69. The molecular weight excluding hydrogens is 474 g/mol. The number of halogens is 1. The quantitative estimate of drug-likeness (QED) is 0.266. The minimum Gasteiger partial charge on any atom is -0.497 e. The molecule has 6 nitrogen and oxygen atoms in total. The predicted molar refractivity (Wildman–Crippen MR) is 144 cm³/mol. The zero-order valence-electron chi connectivity index (χ0n) is 21.0. The molecule has 4 aromatic rings. The lowest BCUT2D eigenvalue weighted by molar-refractivity contribution is -0.120. The van der Waals surface area contributed by atoms with E-state index in [-0.39, 0.29) is 5.91 Å². The first kappa shape index (κ1) is 25.6. The van der Waals surface area contributed by atoms with Gasteiger partial charge < -0.3 is 19.4 Å². The number of ether oxygens (including phenoxy) is 2. The number of amides is 1. The average Bonchev–Trinajstić information content (AvgIpc) is 3.23. The second kappa shape index (κ2) is 12.0. The number of hydrogen-bond donors (Lipinski definition) is 1. The highest BCUT2D eigenvalue weighted by molar-refractivity contribution is 6.32. The third-order valence-corrected chi connectivity index (χ3v) is 6.75. The Labute approximate surface area is 217 Å². The van der Waals surface area contributed by atoms with Crippen LogP contribution in [0.4, 0.5) is 0 Å². The monoisotopic (exact) mass is 505 g/mol. The Morgan fingerprint density at radius 1 is 1.03 bits per heavy atom. The van der Waals surface area contributed by atoms with E-state index in [1.54, 1.807) is 7.11 Å². The summed E-state index contributed by atoms with van der Waals surface area (Å²) in [4.78, 5) is 17.2. The topological polar surface area (TPSA) is 65.4 Å². The minimum atomic E-state index is 0.00983. The van der Waals surface area contributed by atoms with Crippen LogP contribution in [0.25, 0.3) is 11.0 Å². The van der Waals surface area contributed by atoms with Crippen LogP contribution in [0.15, 0.2) is 60.7 Å². The maximum absolute atomic E-state index is 12.3. The smallest absolute Gasteiger partial charge is 0.224 e. The second-order valence-corrected chi connectivity index (χ2v) is 9.24. The standard InChI is InChI=1S/C29H32ClN3O3/c1-20-17-24(18-21(2)29(20)30)36-16-15-33-26-8-5-4-7-25(26)32-27(33)9-6-14-31-28(34)19-22-10-12-23(35-3)13-11-22/h4-5,7-8,10-13,17-18H,6,9,14-16,19H2,1-3H3,(H,31,34). The van der Waals surface area contributed by atoms with Crippen LogP contribution in [0.5, 0.6) is 11.5 Å². The van der Waals surface area contributed by atoms with Gasteiger partial charge in [0.15, 0.2) is 0 Å². The van der Waals surface area contributed by atoms with E-state index >= 15 is 0 Å². The summed E-state index contributed by atoms with van der Waals surface area (Å²) in [6, 6.07) is 19.6. The van der Waals surface area contributed by atoms with Crippen molar-refractivity contribution in [2.24, 2.45) is 0 Å². The van der Waals surface area contributed by atoms with Gasteiger partial charge in [0.05, 0.1) is 31.1 Å². The lowest BCUT2D eigenvalue weighted by atomic mass is 10.1. The van der Waals surface area contributed by atoms with Crippen molar-refractivity contribution in [1.82, 2.24) is 14.9 Å². The van der Waals surface area contributed by atoms with Crippen LogP contribution in [-0.4, -0.2) is 35.7 Å². The van der Waals surface area contributed by atoms with Gasteiger partial charge in [-0.25, -0.2) is 4.98 Å². The van der Waals surface area contributed by atoms with Crippen molar-refractivity contribution < 1.29 is 14.3 Å². The number of carbonyl (C=O) groups excluding carboxylic acids is 1. The number of methoxy groups -OCH3 is 1. The molecule has 0 radical (unpaired) electrons. The number of hydrogen-bond acceptors (Lipinski definition) is 4. The Hall–Kier alpha value is -3.51. The molecule has 4 rings (SSSR count). The van der Waals surface area contributed by atoms with E-state index in [9.17, 15) is 4.79 Å². The van der Waals surface area contributed by atoms with Gasteiger partial charge in [0.1, 0.15) is 23.9 Å². The largest absolute Gasteiger partial charge is 0.497 e. The molecule has 0 aliphatic carbocycles. The first-order valence-corrected chi connectivity index (χ1v) is 12.6. The molecule has 0 atom stereocenters. The number of rotatable bonds is 11. The fraction of sp³-hybridized carbons (Fsp3) is 0.310. The van der Waals surface area contributed by atoms with Gasteiger partial charge in [0.25, 0.3) is 0 Å². The van der Waals surface area contributed by atoms with Crippen molar-refractivity contribution >= 4 is 28.5 Å². The molecule has 0 aliphatic heterocycles. The number of carbonyl (C=O) groups is 1. The number of nitrogens with one attached hydrogen (secondary N) is 1. The molecule has 7 heteroatoms. The normalized spacial score (nSPS) is 11.0. The van der Waals surface area contributed by atoms with E-state index in [2.05, 4.69) is 16.0 Å². The molecule has 36 heavy (non-hydrogen) atoms. The molecule has 0 unspecified atom stereocenters. The molecule has 0 bridgehead atoms. The summed E-state index contributed by atoms with van der Waals surface area (Å²) in [6.07, 6.45) is 1.91. The van der Waals surface area contributed by atoms with Gasteiger partial charge in [-0.3, -0.25) is 4.79 Å². The first-order valence-electron chi connectivity index (χ1n) is 12.2. The highest BCUT2D eigenvalue weighted by Crippen LogP contribution is 2.26. The SMILES string of the molecule is COc1ccc(CC(=O)NCCCc2nc3ccccc3n2CCOc2cc(C)c(Cl)c(C)c2)cc1. The van der Waals surface area contributed by atoms with Crippen LogP contribution in [0.2, 0.25) is 5.02 Å². The number of imidazole rings is 1. The maximum atomic E-state index is 12.3. The van der Waals surface area contributed by atoms with Crippen molar-refractivity contribution in [3.8, 4) is 11.5 Å². The molecule has 0 spiro atoms. The lowest BCUT2D eigenvalue weighted by Gasteiger charge is -2.13. The Morgan fingerprint density at radius 2 is 1.75 bits per heavy atom. The summed E-state index contributed by atoms with van der Waals surface area (Å²) in [5.41, 5.74) is 5.03. The number of nitrogens with zero attached hydrogens (tertiary/aromatic N) is 2. The molecule has 1 heterocycles. The fourth-order valence-corrected chi connectivity index (χ4v) is 4.38. The van der Waals surface area contributed by atoms with Crippen LogP contribution in [-0.2, 0) is 24.2 Å². The third-order valence-electron chi connectivity index (χ3n) is 6.15. The Balaban J connectivity index is 1.32. The highest BCUT2D eigenvalue weighted by atomic mass is 35.5. The molecule has 3 aromatic carbocycles. The fourth-order valence-electron chi connectivity index (χ4n) is 4.28. The summed E-state index contributed by atoms with van der Waals surface area (Å²) in [6.45, 7) is 5.77. The summed E-state index contributed by atoms with van der Waals surface area (Å²) in [5, 5.41) is 3.80. The Kier molecular flexibility index (Phi) is 8.49. The molecule has 1 amide bonds. The van der Waals surface area contributed by atoms with Crippen LogP contribution in [0.1, 0.15) is 28.9 Å². The van der Waals surface area contributed by atoms with Gasteiger partial charge in [-0.1, -0.05) is 35.9 Å². The number of aryl methyl sites for hydroxylation is 3. The van der Waals surface area contributed by atoms with E-state index in [0.29, 0.717) is 26.1 Å². The highest BCUT2D eigenvalue weighted by Gasteiger charge is 2.12. The van der Waals surface area contributed by atoms with Gasteiger partial charge in [0.2, 0.25) is 5.91 Å². The van der Waals surface area contributed by atoms with Gasteiger partial charge in [0, 0.05) is 18.0 Å². The zero-order valence-corrected chi connectivity index (χ0v) is 21.8. The van der Waals surface area contributed by atoms with Crippen molar-refractivity contribution in [2.45, 2.75) is 39.7 Å². The number of para-hydroxylation sites is 2. The van der Waals surface area contributed by atoms with E-state index < -0.39 is 0 Å².